The average Bonchev–Trinajstić information content (AvgIpc) is 2.50. The number of anilines is 1. The molecule has 0 aliphatic rings. The molecule has 0 aromatic heterocycles. The van der Waals surface area contributed by atoms with Crippen LogP contribution in [-0.2, 0) is 9.59 Å². The topological polar surface area (TPSA) is 67.9 Å². The molecule has 128 valence electrons. The van der Waals surface area contributed by atoms with E-state index >= 15 is 0 Å². The van der Waals surface area contributed by atoms with Crippen molar-refractivity contribution in [2.75, 3.05) is 32.2 Å². The van der Waals surface area contributed by atoms with Crippen molar-refractivity contribution in [3.05, 3.63) is 17.2 Å². The second-order valence-corrected chi connectivity index (χ2v) is 5.87. The van der Waals surface area contributed by atoms with Gasteiger partial charge in [0.1, 0.15) is 18.0 Å². The first-order valence-corrected chi connectivity index (χ1v) is 7.64. The third-order valence-electron chi connectivity index (χ3n) is 3.13. The lowest BCUT2D eigenvalue weighted by atomic mass is 10.2. The molecular weight excluding hydrogens is 320 g/mol. The largest absolute Gasteiger partial charge is 0.495 e. The number of benzene rings is 1. The molecule has 0 aliphatic heterocycles. The van der Waals surface area contributed by atoms with Gasteiger partial charge >= 0.3 is 0 Å². The maximum atomic E-state index is 12.1. The van der Waals surface area contributed by atoms with Crippen LogP contribution in [-0.4, -0.2) is 39.1 Å². The van der Waals surface area contributed by atoms with Gasteiger partial charge in [0.05, 0.1) is 24.9 Å². The molecular formula is C16H23ClN2O4. The number of ether oxygens (including phenoxy) is 2. The quantitative estimate of drug-likeness (QED) is 0.826. The highest BCUT2D eigenvalue weighted by molar-refractivity contribution is 6.32. The lowest BCUT2D eigenvalue weighted by molar-refractivity contribution is -0.123. The highest BCUT2D eigenvalue weighted by Crippen LogP contribution is 2.38. The smallest absolute Gasteiger partial charge is 0.240 e. The van der Waals surface area contributed by atoms with Gasteiger partial charge in [0, 0.05) is 25.6 Å². The lowest BCUT2D eigenvalue weighted by Crippen LogP contribution is -2.41. The van der Waals surface area contributed by atoms with E-state index in [0.29, 0.717) is 34.7 Å². The summed E-state index contributed by atoms with van der Waals surface area (Å²) in [7, 11) is 2.95. The molecule has 0 fully saturated rings. The number of nitrogens with one attached hydrogen (secondary N) is 1. The predicted molar refractivity (Wildman–Crippen MR) is 90.4 cm³/mol. The van der Waals surface area contributed by atoms with Gasteiger partial charge in [-0.05, 0) is 5.92 Å². The van der Waals surface area contributed by atoms with Crippen molar-refractivity contribution in [2.24, 2.45) is 5.92 Å². The van der Waals surface area contributed by atoms with Gasteiger partial charge in [-0.15, -0.1) is 0 Å². The van der Waals surface area contributed by atoms with Gasteiger partial charge < -0.3 is 14.8 Å². The Morgan fingerprint density at radius 2 is 1.83 bits per heavy atom. The van der Waals surface area contributed by atoms with E-state index in [0.717, 1.165) is 0 Å². The molecule has 0 bridgehead atoms. The Morgan fingerprint density at radius 3 is 2.30 bits per heavy atom. The van der Waals surface area contributed by atoms with Gasteiger partial charge in [-0.3, -0.25) is 14.5 Å². The average molecular weight is 343 g/mol. The molecule has 23 heavy (non-hydrogen) atoms. The Morgan fingerprint density at radius 1 is 1.22 bits per heavy atom. The van der Waals surface area contributed by atoms with Gasteiger partial charge in [-0.1, -0.05) is 25.4 Å². The lowest BCUT2D eigenvalue weighted by Gasteiger charge is -2.24. The first kappa shape index (κ1) is 19.1. The number of carbonyl (C=O) groups excluding carboxylic acids is 2. The number of halogens is 1. The van der Waals surface area contributed by atoms with Crippen LogP contribution >= 0.6 is 11.6 Å². The van der Waals surface area contributed by atoms with Crippen LogP contribution in [0.2, 0.25) is 5.02 Å². The van der Waals surface area contributed by atoms with Crippen molar-refractivity contribution < 1.29 is 19.1 Å². The summed E-state index contributed by atoms with van der Waals surface area (Å²) in [5.41, 5.74) is 0.431. The number of hydrogen-bond acceptors (Lipinski definition) is 4. The number of nitrogens with zero attached hydrogens (tertiary/aromatic N) is 1. The summed E-state index contributed by atoms with van der Waals surface area (Å²) in [6, 6.07) is 3.13. The fourth-order valence-electron chi connectivity index (χ4n) is 1.94. The summed E-state index contributed by atoms with van der Waals surface area (Å²) >= 11 is 6.07. The Labute approximate surface area is 141 Å². The van der Waals surface area contributed by atoms with Gasteiger partial charge in [0.2, 0.25) is 11.8 Å². The number of methoxy groups -OCH3 is 2. The van der Waals surface area contributed by atoms with Crippen molar-refractivity contribution in [2.45, 2.75) is 20.8 Å². The SMILES string of the molecule is COc1cc(N(CC(=O)NCC(C)C)C(C)=O)c(OC)cc1Cl. The number of amides is 2. The van der Waals surface area contributed by atoms with Crippen LogP contribution in [0.4, 0.5) is 5.69 Å². The number of hydrogen-bond donors (Lipinski definition) is 1. The second-order valence-electron chi connectivity index (χ2n) is 5.46. The first-order chi connectivity index (χ1) is 10.8. The summed E-state index contributed by atoms with van der Waals surface area (Å²) in [5.74, 6) is 0.589. The van der Waals surface area contributed by atoms with E-state index in [1.165, 1.54) is 26.0 Å². The molecule has 0 spiro atoms. The molecule has 6 nitrogen and oxygen atoms in total. The monoisotopic (exact) mass is 342 g/mol. The van der Waals surface area contributed by atoms with Crippen LogP contribution in [0, 0.1) is 5.92 Å². The van der Waals surface area contributed by atoms with Gasteiger partial charge in [0.15, 0.2) is 0 Å². The van der Waals surface area contributed by atoms with Crippen molar-refractivity contribution in [1.29, 1.82) is 0 Å². The van der Waals surface area contributed by atoms with E-state index in [4.69, 9.17) is 21.1 Å². The second kappa shape index (κ2) is 8.62. The number of rotatable bonds is 7. The molecule has 0 aliphatic carbocycles. The van der Waals surface area contributed by atoms with Crippen molar-refractivity contribution in [1.82, 2.24) is 5.32 Å². The zero-order valence-corrected chi connectivity index (χ0v) is 14.9. The standard InChI is InChI=1S/C16H23ClN2O4/c1-10(2)8-18-16(21)9-19(11(3)20)13-7-14(22-4)12(17)6-15(13)23-5/h6-7,10H,8-9H2,1-5H3,(H,18,21). The Balaban J connectivity index is 3.10. The first-order valence-electron chi connectivity index (χ1n) is 7.26. The molecule has 7 heteroatoms. The van der Waals surface area contributed by atoms with Crippen LogP contribution in [0.25, 0.3) is 0 Å². The summed E-state index contributed by atoms with van der Waals surface area (Å²) < 4.78 is 10.4. The van der Waals surface area contributed by atoms with E-state index in [9.17, 15) is 9.59 Å². The third kappa shape index (κ3) is 5.32. The summed E-state index contributed by atoms with van der Waals surface area (Å²) in [6.45, 7) is 5.82. The molecule has 0 atom stereocenters. The van der Waals surface area contributed by atoms with E-state index < -0.39 is 0 Å². The Bertz CT molecular complexity index is 575. The predicted octanol–water partition coefficient (Wildman–Crippen LogP) is 2.48. The minimum Gasteiger partial charge on any atom is -0.495 e. The van der Waals surface area contributed by atoms with E-state index in [1.54, 1.807) is 12.1 Å². The molecule has 0 saturated heterocycles. The third-order valence-corrected chi connectivity index (χ3v) is 3.43. The summed E-state index contributed by atoms with van der Waals surface area (Å²) in [4.78, 5) is 25.4. The molecule has 1 N–H and O–H groups in total. The molecule has 2 amide bonds. The van der Waals surface area contributed by atoms with Crippen LogP contribution in [0.3, 0.4) is 0 Å². The fourth-order valence-corrected chi connectivity index (χ4v) is 2.17. The molecule has 0 saturated carbocycles. The van der Waals surface area contributed by atoms with Gasteiger partial charge in [-0.2, -0.15) is 0 Å². The van der Waals surface area contributed by atoms with Crippen molar-refractivity contribution >= 4 is 29.1 Å². The molecule has 1 aromatic rings. The summed E-state index contributed by atoms with van der Waals surface area (Å²) in [6.07, 6.45) is 0. The molecule has 0 radical (unpaired) electrons. The minimum atomic E-state index is -0.285. The fraction of sp³-hybridized carbons (Fsp3) is 0.500. The van der Waals surface area contributed by atoms with Crippen LogP contribution < -0.4 is 19.7 Å². The highest BCUT2D eigenvalue weighted by atomic mass is 35.5. The van der Waals surface area contributed by atoms with Crippen LogP contribution in [0.15, 0.2) is 12.1 Å². The normalized spacial score (nSPS) is 10.4. The highest BCUT2D eigenvalue weighted by Gasteiger charge is 2.21. The van der Waals surface area contributed by atoms with Gasteiger partial charge in [-0.25, -0.2) is 0 Å². The van der Waals surface area contributed by atoms with E-state index in [-0.39, 0.29) is 18.4 Å². The van der Waals surface area contributed by atoms with E-state index in [1.807, 2.05) is 13.8 Å². The molecule has 0 heterocycles. The molecule has 1 rings (SSSR count). The zero-order chi connectivity index (χ0) is 17.6. The molecule has 0 unspecified atom stereocenters. The van der Waals surface area contributed by atoms with E-state index in [2.05, 4.69) is 5.32 Å². The minimum absolute atomic E-state index is 0.108. The summed E-state index contributed by atoms with van der Waals surface area (Å²) in [5, 5.41) is 3.15. The Hall–Kier alpha value is -1.95. The van der Waals surface area contributed by atoms with Crippen molar-refractivity contribution in [3.8, 4) is 11.5 Å². The van der Waals surface area contributed by atoms with Gasteiger partial charge in [0.25, 0.3) is 0 Å². The maximum Gasteiger partial charge on any atom is 0.240 e. The number of carbonyl (C=O) groups is 2. The zero-order valence-electron chi connectivity index (χ0n) is 14.1. The van der Waals surface area contributed by atoms with Crippen LogP contribution in [0.1, 0.15) is 20.8 Å². The molecule has 1 aromatic carbocycles. The Kier molecular flexibility index (Phi) is 7.16. The van der Waals surface area contributed by atoms with Crippen LogP contribution in [0.5, 0.6) is 11.5 Å². The maximum absolute atomic E-state index is 12.1. The van der Waals surface area contributed by atoms with Crippen molar-refractivity contribution in [3.63, 3.8) is 0 Å².